The molecule has 9 nitrogen and oxygen atoms in total. The van der Waals surface area contributed by atoms with Crippen LogP contribution >= 0.6 is 0 Å². The Balaban J connectivity index is 1.89. The van der Waals surface area contributed by atoms with E-state index in [2.05, 4.69) is 0 Å². The van der Waals surface area contributed by atoms with Gasteiger partial charge in [-0.2, -0.15) is 0 Å². The van der Waals surface area contributed by atoms with Crippen LogP contribution in [0.4, 0.5) is 5.69 Å². The molecular formula is C17H21N3O6S. The summed E-state index contributed by atoms with van der Waals surface area (Å²) in [7, 11) is -3.13. The highest BCUT2D eigenvalue weighted by Crippen LogP contribution is 2.31. The maximum absolute atomic E-state index is 12.8. The topological polar surface area (TPSA) is 118 Å². The van der Waals surface area contributed by atoms with Gasteiger partial charge in [0.1, 0.15) is 5.56 Å². The maximum atomic E-state index is 12.8. The number of nitrogens with zero attached hydrogens (tertiary/aromatic N) is 3. The van der Waals surface area contributed by atoms with Crippen LogP contribution in [0.3, 0.4) is 0 Å². The number of carbonyl (C=O) groups is 2. The minimum Gasteiger partial charge on any atom is -0.281 e. The lowest BCUT2D eigenvalue weighted by Crippen LogP contribution is -2.47. The molecule has 0 aromatic heterocycles. The predicted molar refractivity (Wildman–Crippen MR) is 97.1 cm³/mol. The minimum absolute atomic E-state index is 0.0109. The van der Waals surface area contributed by atoms with Crippen molar-refractivity contribution in [2.75, 3.05) is 24.7 Å². The second-order valence-electron chi connectivity index (χ2n) is 7.36. The molecule has 1 saturated heterocycles. The van der Waals surface area contributed by atoms with Crippen LogP contribution in [-0.4, -0.2) is 65.7 Å². The van der Waals surface area contributed by atoms with Crippen molar-refractivity contribution in [3.8, 4) is 0 Å². The van der Waals surface area contributed by atoms with Crippen LogP contribution in [0.5, 0.6) is 0 Å². The third kappa shape index (κ3) is 3.72. The number of carbonyl (C=O) groups excluding carboxylic acids is 2. The molecule has 1 aromatic rings. The number of hydrogen-bond donors (Lipinski definition) is 0. The second-order valence-corrected chi connectivity index (χ2v) is 9.59. The van der Waals surface area contributed by atoms with Gasteiger partial charge in [0, 0.05) is 18.7 Å². The molecule has 0 saturated carbocycles. The molecule has 2 heterocycles. The Morgan fingerprint density at radius 2 is 2.00 bits per heavy atom. The lowest BCUT2D eigenvalue weighted by Gasteiger charge is -2.32. The Bertz CT molecular complexity index is 911. The number of benzene rings is 1. The SMILES string of the molecule is CC(C)CN(CN1C(=O)c2cccc([N+](=O)[O-])c2C1=O)C1CCS(=O)(=O)C1. The van der Waals surface area contributed by atoms with Crippen molar-refractivity contribution in [1.82, 2.24) is 9.80 Å². The highest BCUT2D eigenvalue weighted by molar-refractivity contribution is 7.91. The number of fused-ring (bicyclic) bond motifs is 1. The van der Waals surface area contributed by atoms with Crippen LogP contribution < -0.4 is 0 Å². The molecular weight excluding hydrogens is 374 g/mol. The fraction of sp³-hybridized carbons (Fsp3) is 0.529. The number of nitro groups is 1. The molecule has 1 unspecified atom stereocenters. The zero-order valence-electron chi connectivity index (χ0n) is 15.1. The fourth-order valence-electron chi connectivity index (χ4n) is 3.63. The lowest BCUT2D eigenvalue weighted by atomic mass is 10.1. The van der Waals surface area contributed by atoms with Gasteiger partial charge in [-0.15, -0.1) is 0 Å². The summed E-state index contributed by atoms with van der Waals surface area (Å²) in [4.78, 5) is 38.8. The van der Waals surface area contributed by atoms with E-state index >= 15 is 0 Å². The molecule has 146 valence electrons. The molecule has 10 heteroatoms. The molecule has 1 aromatic carbocycles. The van der Waals surface area contributed by atoms with Crippen molar-refractivity contribution < 1.29 is 22.9 Å². The van der Waals surface area contributed by atoms with Crippen LogP contribution in [0, 0.1) is 16.0 Å². The Labute approximate surface area is 157 Å². The van der Waals surface area contributed by atoms with Gasteiger partial charge in [0.05, 0.1) is 28.7 Å². The van der Waals surface area contributed by atoms with E-state index in [4.69, 9.17) is 0 Å². The van der Waals surface area contributed by atoms with E-state index in [0.717, 1.165) is 4.90 Å². The van der Waals surface area contributed by atoms with E-state index in [0.29, 0.717) is 13.0 Å². The van der Waals surface area contributed by atoms with Gasteiger partial charge < -0.3 is 0 Å². The summed E-state index contributed by atoms with van der Waals surface area (Å²) in [6.45, 7) is 4.35. The number of amides is 2. The van der Waals surface area contributed by atoms with E-state index in [1.165, 1.54) is 18.2 Å². The lowest BCUT2D eigenvalue weighted by molar-refractivity contribution is -0.385. The predicted octanol–water partition coefficient (Wildman–Crippen LogP) is 1.29. The van der Waals surface area contributed by atoms with Gasteiger partial charge >= 0.3 is 0 Å². The highest BCUT2D eigenvalue weighted by Gasteiger charge is 2.43. The molecule has 1 fully saturated rings. The van der Waals surface area contributed by atoms with E-state index in [9.17, 15) is 28.1 Å². The van der Waals surface area contributed by atoms with Crippen molar-refractivity contribution in [1.29, 1.82) is 0 Å². The standard InChI is InChI=1S/C17H21N3O6S/c1-11(2)8-18(12-6-7-27(25,26)9-12)10-19-16(21)13-4-3-5-14(20(23)24)15(13)17(19)22/h3-5,11-12H,6-10H2,1-2H3. The van der Waals surface area contributed by atoms with Crippen LogP contribution in [0.15, 0.2) is 18.2 Å². The molecule has 0 bridgehead atoms. The first-order chi connectivity index (χ1) is 12.6. The number of imide groups is 1. The van der Waals surface area contributed by atoms with Gasteiger partial charge in [-0.25, -0.2) is 8.42 Å². The van der Waals surface area contributed by atoms with Gasteiger partial charge in [0.25, 0.3) is 17.5 Å². The summed E-state index contributed by atoms with van der Waals surface area (Å²) in [6.07, 6.45) is 0.443. The first kappa shape index (κ1) is 19.4. The van der Waals surface area contributed by atoms with Crippen molar-refractivity contribution in [2.45, 2.75) is 26.3 Å². The van der Waals surface area contributed by atoms with Crippen LogP contribution in [0.25, 0.3) is 0 Å². The monoisotopic (exact) mass is 395 g/mol. The summed E-state index contributed by atoms with van der Waals surface area (Å²) >= 11 is 0. The average Bonchev–Trinajstić information content (AvgIpc) is 3.06. The summed E-state index contributed by atoms with van der Waals surface area (Å²) in [6, 6.07) is 3.69. The summed E-state index contributed by atoms with van der Waals surface area (Å²) in [5.41, 5.74) is -0.582. The van der Waals surface area contributed by atoms with Crippen LogP contribution in [0.2, 0.25) is 0 Å². The highest BCUT2D eigenvalue weighted by atomic mass is 32.2. The first-order valence-electron chi connectivity index (χ1n) is 8.69. The van der Waals surface area contributed by atoms with Gasteiger partial charge in [-0.1, -0.05) is 19.9 Å². The summed E-state index contributed by atoms with van der Waals surface area (Å²) in [5.74, 6) is -1.04. The molecule has 0 aliphatic carbocycles. The second kappa shape index (κ2) is 7.01. The van der Waals surface area contributed by atoms with E-state index in [-0.39, 0.29) is 41.3 Å². The zero-order valence-corrected chi connectivity index (χ0v) is 15.9. The van der Waals surface area contributed by atoms with Gasteiger partial charge in [-0.3, -0.25) is 29.5 Å². The van der Waals surface area contributed by atoms with Crippen LogP contribution in [0.1, 0.15) is 41.0 Å². The van der Waals surface area contributed by atoms with Crippen LogP contribution in [-0.2, 0) is 9.84 Å². The quantitative estimate of drug-likeness (QED) is 0.405. The Hall–Kier alpha value is -2.33. The Kier molecular flexibility index (Phi) is 5.04. The molecule has 0 radical (unpaired) electrons. The number of sulfone groups is 1. The van der Waals surface area contributed by atoms with E-state index in [1.807, 2.05) is 18.7 Å². The largest absolute Gasteiger partial charge is 0.282 e. The third-order valence-electron chi connectivity index (χ3n) is 4.82. The number of nitro benzene ring substituents is 1. The van der Waals surface area contributed by atoms with Crippen molar-refractivity contribution >= 4 is 27.3 Å². The average molecular weight is 395 g/mol. The van der Waals surface area contributed by atoms with Gasteiger partial charge in [-0.05, 0) is 18.4 Å². The minimum atomic E-state index is -3.13. The molecule has 27 heavy (non-hydrogen) atoms. The molecule has 0 N–H and O–H groups in total. The molecule has 3 rings (SSSR count). The Morgan fingerprint density at radius 1 is 1.30 bits per heavy atom. The first-order valence-corrected chi connectivity index (χ1v) is 10.5. The summed E-state index contributed by atoms with van der Waals surface area (Å²) < 4.78 is 23.7. The number of hydrogen-bond acceptors (Lipinski definition) is 7. The van der Waals surface area contributed by atoms with E-state index in [1.54, 1.807) is 0 Å². The van der Waals surface area contributed by atoms with E-state index < -0.39 is 32.3 Å². The van der Waals surface area contributed by atoms with Crippen molar-refractivity contribution in [3.05, 3.63) is 39.4 Å². The maximum Gasteiger partial charge on any atom is 0.282 e. The Morgan fingerprint density at radius 3 is 2.56 bits per heavy atom. The molecule has 2 aliphatic rings. The van der Waals surface area contributed by atoms with Gasteiger partial charge in [0.2, 0.25) is 0 Å². The zero-order chi connectivity index (χ0) is 19.9. The third-order valence-corrected chi connectivity index (χ3v) is 6.57. The van der Waals surface area contributed by atoms with Crippen molar-refractivity contribution in [3.63, 3.8) is 0 Å². The van der Waals surface area contributed by atoms with Gasteiger partial charge in [0.15, 0.2) is 9.84 Å². The fourth-order valence-corrected chi connectivity index (χ4v) is 5.39. The smallest absolute Gasteiger partial charge is 0.281 e. The molecule has 1 atom stereocenters. The number of rotatable bonds is 6. The van der Waals surface area contributed by atoms with Crippen molar-refractivity contribution in [2.24, 2.45) is 5.92 Å². The summed E-state index contributed by atoms with van der Waals surface area (Å²) in [5, 5.41) is 11.2. The molecule has 0 spiro atoms. The molecule has 2 aliphatic heterocycles. The molecule has 2 amide bonds. The normalized spacial score (nSPS) is 21.3.